The highest BCUT2D eigenvalue weighted by atomic mass is 16.2. The van der Waals surface area contributed by atoms with Gasteiger partial charge in [-0.2, -0.15) is 0 Å². The standard InChI is InChI=1S/C18H27N3O2/c22-17(15-6-3-1-2-4-7-15)20-10-5-11-21(13-12-20)18(23)16-8-9-19-14-16/h8-9,14-15,19H,1-7,10-13H2. The van der Waals surface area contributed by atoms with Crippen molar-refractivity contribution in [3.63, 3.8) is 0 Å². The number of aromatic nitrogens is 1. The fourth-order valence-corrected chi connectivity index (χ4v) is 3.76. The monoisotopic (exact) mass is 317 g/mol. The van der Waals surface area contributed by atoms with E-state index in [1.54, 1.807) is 12.4 Å². The van der Waals surface area contributed by atoms with Gasteiger partial charge in [-0.3, -0.25) is 9.59 Å². The molecule has 0 bridgehead atoms. The van der Waals surface area contributed by atoms with Gasteiger partial charge in [0.15, 0.2) is 0 Å². The second kappa shape index (κ2) is 7.66. The van der Waals surface area contributed by atoms with Crippen molar-refractivity contribution >= 4 is 11.8 Å². The van der Waals surface area contributed by atoms with Crippen LogP contribution in [0.15, 0.2) is 18.5 Å². The van der Waals surface area contributed by atoms with Gasteiger partial charge in [0.2, 0.25) is 5.91 Å². The van der Waals surface area contributed by atoms with Crippen molar-refractivity contribution in [2.75, 3.05) is 26.2 Å². The summed E-state index contributed by atoms with van der Waals surface area (Å²) < 4.78 is 0. The lowest BCUT2D eigenvalue weighted by Crippen LogP contribution is -2.40. The van der Waals surface area contributed by atoms with E-state index in [1.807, 2.05) is 15.9 Å². The van der Waals surface area contributed by atoms with Gasteiger partial charge in [0, 0.05) is 44.5 Å². The Hall–Kier alpha value is -1.78. The Labute approximate surface area is 138 Å². The van der Waals surface area contributed by atoms with E-state index in [2.05, 4.69) is 4.98 Å². The molecule has 126 valence electrons. The minimum absolute atomic E-state index is 0.0648. The Morgan fingerprint density at radius 3 is 2.30 bits per heavy atom. The van der Waals surface area contributed by atoms with Crippen molar-refractivity contribution in [2.45, 2.75) is 44.9 Å². The molecule has 2 fully saturated rings. The van der Waals surface area contributed by atoms with Gasteiger partial charge in [-0.15, -0.1) is 0 Å². The van der Waals surface area contributed by atoms with Crippen LogP contribution >= 0.6 is 0 Å². The van der Waals surface area contributed by atoms with Crippen LogP contribution in [0.5, 0.6) is 0 Å². The Bertz CT molecular complexity index is 518. The molecule has 0 radical (unpaired) electrons. The van der Waals surface area contributed by atoms with Gasteiger partial charge in [-0.25, -0.2) is 0 Å². The third-order valence-electron chi connectivity index (χ3n) is 5.14. The summed E-state index contributed by atoms with van der Waals surface area (Å²) in [7, 11) is 0. The third-order valence-corrected chi connectivity index (χ3v) is 5.14. The molecule has 1 aromatic rings. The number of carbonyl (C=O) groups is 2. The molecule has 3 rings (SSSR count). The predicted molar refractivity (Wildman–Crippen MR) is 89.1 cm³/mol. The molecule has 2 amide bonds. The summed E-state index contributed by atoms with van der Waals surface area (Å²) in [5.74, 6) is 0.599. The Balaban J connectivity index is 1.57. The fourth-order valence-electron chi connectivity index (χ4n) is 3.76. The predicted octanol–water partition coefficient (Wildman–Crippen LogP) is 2.66. The lowest BCUT2D eigenvalue weighted by atomic mass is 9.98. The van der Waals surface area contributed by atoms with Gasteiger partial charge in [0.1, 0.15) is 0 Å². The maximum atomic E-state index is 12.8. The smallest absolute Gasteiger partial charge is 0.255 e. The van der Waals surface area contributed by atoms with E-state index < -0.39 is 0 Å². The molecule has 1 saturated carbocycles. The number of aromatic amines is 1. The van der Waals surface area contributed by atoms with E-state index in [-0.39, 0.29) is 11.8 Å². The highest BCUT2D eigenvalue weighted by Crippen LogP contribution is 2.25. The van der Waals surface area contributed by atoms with Crippen molar-refractivity contribution in [3.8, 4) is 0 Å². The number of nitrogens with one attached hydrogen (secondary N) is 1. The summed E-state index contributed by atoms with van der Waals surface area (Å²) in [5, 5.41) is 0. The first-order chi connectivity index (χ1) is 11.3. The van der Waals surface area contributed by atoms with E-state index in [9.17, 15) is 9.59 Å². The van der Waals surface area contributed by atoms with E-state index in [0.29, 0.717) is 24.6 Å². The first-order valence-corrected chi connectivity index (χ1v) is 8.96. The number of hydrogen-bond acceptors (Lipinski definition) is 2. The van der Waals surface area contributed by atoms with Crippen LogP contribution in [0.3, 0.4) is 0 Å². The summed E-state index contributed by atoms with van der Waals surface area (Å²) in [6, 6.07) is 1.81. The van der Waals surface area contributed by atoms with Crippen LogP contribution < -0.4 is 0 Å². The number of amides is 2. The third kappa shape index (κ3) is 3.95. The molecule has 2 heterocycles. The number of carbonyl (C=O) groups excluding carboxylic acids is 2. The SMILES string of the molecule is O=C(c1cc[nH]c1)N1CCCN(C(=O)C2CCCCCC2)CC1. The van der Waals surface area contributed by atoms with Gasteiger partial charge in [0.25, 0.3) is 5.91 Å². The average molecular weight is 317 g/mol. The summed E-state index contributed by atoms with van der Waals surface area (Å²) >= 11 is 0. The number of nitrogens with zero attached hydrogens (tertiary/aromatic N) is 2. The molecule has 5 heteroatoms. The summed E-state index contributed by atoms with van der Waals surface area (Å²) in [5.41, 5.74) is 0.702. The number of rotatable bonds is 2. The first kappa shape index (κ1) is 16.1. The maximum absolute atomic E-state index is 12.8. The molecule has 1 saturated heterocycles. The molecule has 0 atom stereocenters. The van der Waals surface area contributed by atoms with Crippen molar-refractivity contribution in [1.82, 2.24) is 14.8 Å². The summed E-state index contributed by atoms with van der Waals surface area (Å²) in [4.78, 5) is 32.0. The molecule has 0 aromatic carbocycles. The Morgan fingerprint density at radius 1 is 0.913 bits per heavy atom. The van der Waals surface area contributed by atoms with Crippen LogP contribution in [0.2, 0.25) is 0 Å². The molecule has 1 N–H and O–H groups in total. The minimum atomic E-state index is 0.0648. The average Bonchev–Trinajstić information content (AvgIpc) is 2.83. The van der Waals surface area contributed by atoms with Crippen LogP contribution in [-0.2, 0) is 4.79 Å². The van der Waals surface area contributed by atoms with Crippen LogP contribution in [-0.4, -0.2) is 52.8 Å². The second-order valence-corrected chi connectivity index (χ2v) is 6.76. The Kier molecular flexibility index (Phi) is 5.36. The van der Waals surface area contributed by atoms with Crippen LogP contribution in [0.4, 0.5) is 0 Å². The summed E-state index contributed by atoms with van der Waals surface area (Å²) in [6.07, 6.45) is 11.4. The van der Waals surface area contributed by atoms with E-state index in [0.717, 1.165) is 32.4 Å². The minimum Gasteiger partial charge on any atom is -0.367 e. The molecule has 5 nitrogen and oxygen atoms in total. The zero-order valence-electron chi connectivity index (χ0n) is 13.8. The second-order valence-electron chi connectivity index (χ2n) is 6.76. The van der Waals surface area contributed by atoms with Crippen molar-refractivity contribution in [1.29, 1.82) is 0 Å². The lowest BCUT2D eigenvalue weighted by Gasteiger charge is -2.26. The topological polar surface area (TPSA) is 56.4 Å². The van der Waals surface area contributed by atoms with Crippen LogP contribution in [0, 0.1) is 5.92 Å². The maximum Gasteiger partial charge on any atom is 0.255 e. The normalized spacial score (nSPS) is 20.9. The van der Waals surface area contributed by atoms with Crippen molar-refractivity contribution in [3.05, 3.63) is 24.0 Å². The molecule has 1 aromatic heterocycles. The van der Waals surface area contributed by atoms with Crippen molar-refractivity contribution in [2.24, 2.45) is 5.92 Å². The first-order valence-electron chi connectivity index (χ1n) is 8.96. The Morgan fingerprint density at radius 2 is 1.61 bits per heavy atom. The van der Waals surface area contributed by atoms with E-state index >= 15 is 0 Å². The highest BCUT2D eigenvalue weighted by molar-refractivity contribution is 5.94. The van der Waals surface area contributed by atoms with Crippen LogP contribution in [0.1, 0.15) is 55.3 Å². The van der Waals surface area contributed by atoms with Crippen LogP contribution in [0.25, 0.3) is 0 Å². The van der Waals surface area contributed by atoms with Gasteiger partial charge in [-0.05, 0) is 25.3 Å². The van der Waals surface area contributed by atoms with E-state index in [1.165, 1.54) is 25.7 Å². The molecule has 2 aliphatic rings. The number of hydrogen-bond donors (Lipinski definition) is 1. The molecule has 0 unspecified atom stereocenters. The molecule has 0 spiro atoms. The summed E-state index contributed by atoms with van der Waals surface area (Å²) in [6.45, 7) is 2.83. The largest absolute Gasteiger partial charge is 0.367 e. The fraction of sp³-hybridized carbons (Fsp3) is 0.667. The van der Waals surface area contributed by atoms with E-state index in [4.69, 9.17) is 0 Å². The lowest BCUT2D eigenvalue weighted by molar-refractivity contribution is -0.135. The number of H-pyrrole nitrogens is 1. The van der Waals surface area contributed by atoms with Gasteiger partial charge >= 0.3 is 0 Å². The van der Waals surface area contributed by atoms with Gasteiger partial charge in [0.05, 0.1) is 5.56 Å². The highest BCUT2D eigenvalue weighted by Gasteiger charge is 2.28. The zero-order chi connectivity index (χ0) is 16.1. The molecule has 1 aliphatic carbocycles. The molecule has 23 heavy (non-hydrogen) atoms. The molecular weight excluding hydrogens is 290 g/mol. The molecular formula is C18H27N3O2. The molecule has 1 aliphatic heterocycles. The van der Waals surface area contributed by atoms with Crippen molar-refractivity contribution < 1.29 is 9.59 Å². The zero-order valence-corrected chi connectivity index (χ0v) is 13.8. The van der Waals surface area contributed by atoms with Gasteiger partial charge in [-0.1, -0.05) is 25.7 Å². The quantitative estimate of drug-likeness (QED) is 0.853. The van der Waals surface area contributed by atoms with Gasteiger partial charge < -0.3 is 14.8 Å².